The molecule has 1 aromatic heterocycles. The van der Waals surface area contributed by atoms with Crippen LogP contribution in [0.5, 0.6) is 0 Å². The Hall–Kier alpha value is -8.50. The molecule has 11 amide bonds. The molecule has 28 heteroatoms. The van der Waals surface area contributed by atoms with Crippen LogP contribution in [0.1, 0.15) is 155 Å². The number of nitrogens with zero attached hydrogens (tertiary/aromatic N) is 2. The Bertz CT molecular complexity index is 2870. The van der Waals surface area contributed by atoms with Gasteiger partial charge in [0.15, 0.2) is 0 Å². The molecule has 89 heavy (non-hydrogen) atoms. The van der Waals surface area contributed by atoms with Crippen molar-refractivity contribution in [3.63, 3.8) is 0 Å². The van der Waals surface area contributed by atoms with Gasteiger partial charge in [-0.3, -0.25) is 24.7 Å². The molecule has 0 atom stereocenters. The maximum absolute atomic E-state index is 11.9. The summed E-state index contributed by atoms with van der Waals surface area (Å²) in [5.41, 5.74) is 3.30. The van der Waals surface area contributed by atoms with Crippen LogP contribution in [-0.4, -0.2) is 118 Å². The molecule has 0 unspecified atom stereocenters. The van der Waals surface area contributed by atoms with Crippen molar-refractivity contribution in [3.8, 4) is 0 Å². The largest absolute Gasteiger partial charge is 0.352 e. The number of urea groups is 4. The van der Waals surface area contributed by atoms with Crippen LogP contribution >= 0.6 is 0 Å². The van der Waals surface area contributed by atoms with Gasteiger partial charge < -0.3 is 31.9 Å². The predicted molar refractivity (Wildman–Crippen MR) is 356 cm³/mol. The van der Waals surface area contributed by atoms with E-state index in [0.717, 1.165) is 16.7 Å². The van der Waals surface area contributed by atoms with Crippen molar-refractivity contribution in [1.29, 1.82) is 0 Å². The van der Waals surface area contributed by atoms with E-state index in [-0.39, 0.29) is 38.7 Å². The average molecular weight is 1310 g/mol. The van der Waals surface area contributed by atoms with E-state index in [2.05, 4.69) is 47.2 Å². The first-order chi connectivity index (χ1) is 42.6. The molecular formula is C61H102N12O13S3. The van der Waals surface area contributed by atoms with Gasteiger partial charge in [0, 0.05) is 65.7 Å². The summed E-state index contributed by atoms with van der Waals surface area (Å²) in [6, 6.07) is 23.9. The fraction of sp³-hybridized carbons (Fsp3) is 0.426. The van der Waals surface area contributed by atoms with Crippen molar-refractivity contribution < 1.29 is 58.8 Å². The van der Waals surface area contributed by atoms with Gasteiger partial charge in [0.2, 0.25) is 5.91 Å². The Kier molecular flexibility index (Phi) is 59.0. The topological polar surface area (TPSA) is 368 Å². The molecule has 10 N–H and O–H groups in total. The van der Waals surface area contributed by atoms with Crippen LogP contribution in [-0.2, 0) is 54.1 Å². The number of carbonyl (C=O) groups excluding carboxylic acids is 7. The minimum atomic E-state index is -3.92. The first-order valence-electron chi connectivity index (χ1n) is 29.5. The van der Waals surface area contributed by atoms with E-state index in [1.54, 1.807) is 60.7 Å². The zero-order valence-electron chi connectivity index (χ0n) is 55.7. The van der Waals surface area contributed by atoms with E-state index in [9.17, 15) is 58.8 Å². The smallest absolute Gasteiger partial charge is 0.328 e. The number of sulfonamides is 3. The summed E-state index contributed by atoms with van der Waals surface area (Å²) in [4.78, 5) is 86.6. The van der Waals surface area contributed by atoms with Gasteiger partial charge >= 0.3 is 24.1 Å². The first kappa shape index (κ1) is 91.7. The number of hydrogen-bond donors (Lipinski definition) is 10. The molecule has 5 rings (SSSR count). The van der Waals surface area contributed by atoms with Gasteiger partial charge in [-0.2, -0.15) is 0 Å². The highest BCUT2D eigenvalue weighted by Crippen LogP contribution is 2.13. The van der Waals surface area contributed by atoms with Gasteiger partial charge in [-0.05, 0) is 84.5 Å². The number of amides is 11. The maximum Gasteiger partial charge on any atom is 0.328 e. The second kappa shape index (κ2) is 57.3. The molecule has 502 valence electrons. The molecule has 0 aliphatic rings. The zero-order chi connectivity index (χ0) is 70.0. The molecule has 0 saturated heterocycles. The summed E-state index contributed by atoms with van der Waals surface area (Å²) in [7, 11) is -7.75. The standard InChI is InChI=1S/C17H19N3O4S.C15H17N5O4S.C13H18N4O5S.8C2H6/c1-18-17(22)20-25(23,24)15-9-7-13(8-10-15)11-12-19-16(21)14-5-3-2-4-6-14;1-16-15(22)20-25(23,24)12-4-2-11(3-5-12)6-7-19-14(21)13-10-17-8-9-18-13;1-9(18)16-13(20)15-8-7-10-3-5-11(6-4-10)23(21,22)17-12(19)14-2;8*1-2/h2-10H,11-12H2,1H3,(H,19,21)(H2,18,20,22);2-5,8-10H,6-7H2,1H3,(H,19,21)(H2,16,20,22);3-6H,7-8H2,1-2H3,(H2,14,17,19)(H2,15,16,18,20);8*1-2H3. The Labute approximate surface area is 531 Å². The van der Waals surface area contributed by atoms with E-state index in [1.165, 1.54) is 83.1 Å². The van der Waals surface area contributed by atoms with Gasteiger partial charge in [0.25, 0.3) is 41.9 Å². The lowest BCUT2D eigenvalue weighted by atomic mass is 10.1. The maximum atomic E-state index is 11.9. The zero-order valence-corrected chi connectivity index (χ0v) is 58.2. The highest BCUT2D eigenvalue weighted by atomic mass is 32.2. The van der Waals surface area contributed by atoms with Gasteiger partial charge in [0.1, 0.15) is 5.69 Å². The van der Waals surface area contributed by atoms with Crippen molar-refractivity contribution in [2.45, 2.75) is 152 Å². The van der Waals surface area contributed by atoms with Crippen LogP contribution in [0.3, 0.4) is 0 Å². The molecule has 0 spiro atoms. The van der Waals surface area contributed by atoms with Crippen molar-refractivity contribution in [1.82, 2.24) is 61.4 Å². The number of carbonyl (C=O) groups is 7. The third-order valence-electron chi connectivity index (χ3n) is 9.28. The molecule has 4 aromatic carbocycles. The molecule has 1 heterocycles. The Balaban J connectivity index is -0.000000260. The normalized spacial score (nSPS) is 9.30. The summed E-state index contributed by atoms with van der Waals surface area (Å²) in [6.45, 7) is 34.3. The van der Waals surface area contributed by atoms with Crippen LogP contribution in [0.15, 0.2) is 136 Å². The van der Waals surface area contributed by atoms with Crippen molar-refractivity contribution >= 4 is 71.9 Å². The third kappa shape index (κ3) is 42.1. The Morgan fingerprint density at radius 3 is 0.966 bits per heavy atom. The molecule has 0 aliphatic heterocycles. The Morgan fingerprint density at radius 2 is 0.685 bits per heavy atom. The fourth-order valence-corrected chi connectivity index (χ4v) is 8.44. The molecule has 5 aromatic rings. The van der Waals surface area contributed by atoms with Gasteiger partial charge in [0.05, 0.1) is 20.9 Å². The van der Waals surface area contributed by atoms with E-state index < -0.39 is 60.1 Å². The van der Waals surface area contributed by atoms with E-state index in [0.29, 0.717) is 37.9 Å². The highest BCUT2D eigenvalue weighted by molar-refractivity contribution is 7.90. The minimum Gasteiger partial charge on any atom is -0.352 e. The lowest BCUT2D eigenvalue weighted by Gasteiger charge is -2.08. The highest BCUT2D eigenvalue weighted by Gasteiger charge is 2.19. The van der Waals surface area contributed by atoms with Crippen molar-refractivity contribution in [2.24, 2.45) is 0 Å². The SMILES string of the molecule is CC.CC.CC.CC.CC.CC.CC.CC.CNC(=O)NS(=O)(=O)c1ccc(CCNC(=O)NC(C)=O)cc1.CNC(=O)NS(=O)(=O)c1ccc(CCNC(=O)c2ccccc2)cc1.CNC(=O)NS(=O)(=O)c1ccc(CCNC(=O)c2cnccn2)cc1. The van der Waals surface area contributed by atoms with E-state index >= 15 is 0 Å². The van der Waals surface area contributed by atoms with Crippen LogP contribution < -0.4 is 51.4 Å². The number of nitrogens with one attached hydrogen (secondary N) is 10. The number of rotatable bonds is 17. The van der Waals surface area contributed by atoms with Gasteiger partial charge in [-0.1, -0.05) is 165 Å². The summed E-state index contributed by atoms with van der Waals surface area (Å²) in [5, 5.41) is 16.6. The predicted octanol–water partition coefficient (Wildman–Crippen LogP) is 9.25. The molecule has 25 nitrogen and oxygen atoms in total. The van der Waals surface area contributed by atoms with Gasteiger partial charge in [-0.25, -0.2) is 63.6 Å². The lowest BCUT2D eigenvalue weighted by molar-refractivity contribution is -0.117. The van der Waals surface area contributed by atoms with Crippen LogP contribution in [0, 0.1) is 0 Å². The third-order valence-corrected chi connectivity index (χ3v) is 13.3. The quantitative estimate of drug-likeness (QED) is 0.0414. The lowest BCUT2D eigenvalue weighted by Crippen LogP contribution is -2.39. The van der Waals surface area contributed by atoms with E-state index in [4.69, 9.17) is 0 Å². The molecular weight excluding hydrogens is 1200 g/mol. The fourth-order valence-electron chi connectivity index (χ4n) is 5.57. The summed E-state index contributed by atoms with van der Waals surface area (Å²) in [6.07, 6.45) is 5.80. The molecule has 0 aliphatic carbocycles. The monoisotopic (exact) mass is 1310 g/mol. The van der Waals surface area contributed by atoms with Crippen LogP contribution in [0.4, 0.5) is 19.2 Å². The summed E-state index contributed by atoms with van der Waals surface area (Å²) < 4.78 is 77.0. The Morgan fingerprint density at radius 1 is 0.382 bits per heavy atom. The average Bonchev–Trinajstić information content (AvgIpc) is 3.68. The number of imide groups is 1. The summed E-state index contributed by atoms with van der Waals surface area (Å²) >= 11 is 0. The van der Waals surface area contributed by atoms with E-state index in [1.807, 2.05) is 131 Å². The van der Waals surface area contributed by atoms with Crippen molar-refractivity contribution in [2.75, 3.05) is 40.8 Å². The van der Waals surface area contributed by atoms with Gasteiger partial charge in [-0.15, -0.1) is 0 Å². The summed E-state index contributed by atoms with van der Waals surface area (Å²) in [5.74, 6) is -0.947. The molecule has 0 bridgehead atoms. The number of hydrogen-bond acceptors (Lipinski definition) is 15. The number of aromatic nitrogens is 2. The second-order valence-electron chi connectivity index (χ2n) is 14.6. The van der Waals surface area contributed by atoms with Crippen molar-refractivity contribution in [3.05, 3.63) is 150 Å². The van der Waals surface area contributed by atoms with Crippen LogP contribution in [0.25, 0.3) is 0 Å². The number of benzene rings is 4. The first-order valence-corrected chi connectivity index (χ1v) is 34.0. The molecule has 0 radical (unpaired) electrons. The van der Waals surface area contributed by atoms with Crippen LogP contribution in [0.2, 0.25) is 0 Å². The molecule has 0 saturated carbocycles. The minimum absolute atomic E-state index is 0.00632. The second-order valence-corrected chi connectivity index (χ2v) is 19.7. The molecule has 0 fully saturated rings.